The molecule has 4 rings (SSSR count). The number of anilines is 1. The van der Waals surface area contributed by atoms with E-state index >= 15 is 0 Å². The molecule has 0 saturated heterocycles. The van der Waals surface area contributed by atoms with Gasteiger partial charge in [-0.2, -0.15) is 0 Å². The summed E-state index contributed by atoms with van der Waals surface area (Å²) in [4.78, 5) is 28.3. The molecular weight excluding hydrogens is 425 g/mol. The summed E-state index contributed by atoms with van der Waals surface area (Å²) >= 11 is 2.79. The first kappa shape index (κ1) is 20.0. The predicted octanol–water partition coefficient (Wildman–Crippen LogP) is 5.68. The Morgan fingerprint density at radius 1 is 1.13 bits per heavy atom. The zero-order valence-corrected chi connectivity index (χ0v) is 17.0. The van der Waals surface area contributed by atoms with Gasteiger partial charge in [0.15, 0.2) is 4.34 Å². The molecule has 6 nitrogen and oxygen atoms in total. The van der Waals surface area contributed by atoms with Crippen LogP contribution in [0.25, 0.3) is 10.2 Å². The van der Waals surface area contributed by atoms with Crippen molar-refractivity contribution in [2.24, 2.45) is 0 Å². The van der Waals surface area contributed by atoms with Gasteiger partial charge in [-0.25, -0.2) is 9.37 Å². The Bertz CT molecular complexity index is 1210. The van der Waals surface area contributed by atoms with Crippen molar-refractivity contribution in [1.82, 2.24) is 4.98 Å². The Labute approximate surface area is 178 Å². The molecule has 1 heterocycles. The molecule has 1 N–H and O–H groups in total. The number of amides is 1. The monoisotopic (exact) mass is 439 g/mol. The number of thiazole rings is 1. The van der Waals surface area contributed by atoms with Gasteiger partial charge in [0.25, 0.3) is 5.69 Å². The number of fused-ring (bicyclic) bond motifs is 1. The summed E-state index contributed by atoms with van der Waals surface area (Å²) in [5.41, 5.74) is 1.70. The molecule has 9 heteroatoms. The van der Waals surface area contributed by atoms with Crippen molar-refractivity contribution in [3.8, 4) is 0 Å². The van der Waals surface area contributed by atoms with Crippen LogP contribution in [0.5, 0.6) is 0 Å². The molecule has 1 amide bonds. The first-order valence-electron chi connectivity index (χ1n) is 8.83. The molecule has 3 aromatic carbocycles. The summed E-state index contributed by atoms with van der Waals surface area (Å²) in [7, 11) is 0. The first-order valence-corrected chi connectivity index (χ1v) is 10.5. The van der Waals surface area contributed by atoms with Gasteiger partial charge in [-0.15, -0.1) is 11.3 Å². The van der Waals surface area contributed by atoms with E-state index in [1.54, 1.807) is 6.07 Å². The Morgan fingerprint density at radius 3 is 2.63 bits per heavy atom. The average Bonchev–Trinajstić information content (AvgIpc) is 3.11. The molecule has 0 saturated carbocycles. The third kappa shape index (κ3) is 4.81. The summed E-state index contributed by atoms with van der Waals surface area (Å²) in [6, 6.07) is 17.7. The molecule has 30 heavy (non-hydrogen) atoms. The summed E-state index contributed by atoms with van der Waals surface area (Å²) in [6.45, 7) is 0. The van der Waals surface area contributed by atoms with E-state index in [4.69, 9.17) is 0 Å². The maximum absolute atomic E-state index is 13.0. The van der Waals surface area contributed by atoms with Gasteiger partial charge in [-0.3, -0.25) is 14.9 Å². The summed E-state index contributed by atoms with van der Waals surface area (Å²) in [5.74, 6) is -0.729. The number of non-ortho nitro benzene ring substituents is 1. The summed E-state index contributed by atoms with van der Waals surface area (Å²) < 4.78 is 14.8. The van der Waals surface area contributed by atoms with E-state index < -0.39 is 4.92 Å². The molecular formula is C21H14FN3O3S2. The summed E-state index contributed by atoms with van der Waals surface area (Å²) in [6.07, 6.45) is 0.0311. The van der Waals surface area contributed by atoms with Crippen molar-refractivity contribution in [3.05, 3.63) is 88.2 Å². The zero-order valence-electron chi connectivity index (χ0n) is 15.4. The number of rotatable bonds is 6. The van der Waals surface area contributed by atoms with Gasteiger partial charge >= 0.3 is 0 Å². The van der Waals surface area contributed by atoms with Crippen molar-refractivity contribution >= 4 is 50.6 Å². The van der Waals surface area contributed by atoms with Gasteiger partial charge in [-0.05, 0) is 35.9 Å². The van der Waals surface area contributed by atoms with Crippen LogP contribution in [0.4, 0.5) is 15.8 Å². The van der Waals surface area contributed by atoms with Gasteiger partial charge in [-0.1, -0.05) is 36.0 Å². The number of para-hydroxylation sites is 1. The van der Waals surface area contributed by atoms with Crippen LogP contribution in [-0.4, -0.2) is 15.8 Å². The molecule has 0 spiro atoms. The molecule has 0 aliphatic rings. The van der Waals surface area contributed by atoms with E-state index in [9.17, 15) is 19.3 Å². The fourth-order valence-electron chi connectivity index (χ4n) is 2.81. The standard InChI is InChI=1S/C21H14FN3O3S2/c22-14-7-5-13(6-8-14)9-20(26)23-15-10-16(25(27)28)12-17(11-15)29-21-24-18-3-1-2-4-19(18)30-21/h1-8,10-12H,9H2,(H,23,26). The van der Waals surface area contributed by atoms with Crippen LogP contribution in [0.15, 0.2) is 76.0 Å². The number of halogens is 1. The molecule has 0 atom stereocenters. The van der Waals surface area contributed by atoms with Crippen LogP contribution in [0, 0.1) is 15.9 Å². The highest BCUT2D eigenvalue weighted by Crippen LogP contribution is 2.37. The Morgan fingerprint density at radius 2 is 1.90 bits per heavy atom. The maximum atomic E-state index is 13.0. The maximum Gasteiger partial charge on any atom is 0.272 e. The van der Waals surface area contributed by atoms with Crippen molar-refractivity contribution in [1.29, 1.82) is 0 Å². The van der Waals surface area contributed by atoms with E-state index in [0.29, 0.717) is 16.1 Å². The minimum atomic E-state index is -0.502. The smallest absolute Gasteiger partial charge is 0.272 e. The van der Waals surface area contributed by atoms with Crippen molar-refractivity contribution in [2.75, 3.05) is 5.32 Å². The van der Waals surface area contributed by atoms with Crippen LogP contribution < -0.4 is 5.32 Å². The number of nitro benzene ring substituents is 1. The SMILES string of the molecule is O=C(Cc1ccc(F)cc1)Nc1cc(Sc2nc3ccccc3s2)cc([N+](=O)[O-])c1. The van der Waals surface area contributed by atoms with E-state index in [0.717, 1.165) is 14.6 Å². The number of carbonyl (C=O) groups is 1. The minimum Gasteiger partial charge on any atom is -0.326 e. The molecule has 0 unspecified atom stereocenters. The molecule has 150 valence electrons. The fourth-order valence-corrected chi connectivity index (χ4v) is 4.94. The lowest BCUT2D eigenvalue weighted by Crippen LogP contribution is -2.14. The number of nitro groups is 1. The Kier molecular flexibility index (Phi) is 5.73. The van der Waals surface area contributed by atoms with Gasteiger partial charge in [0.05, 0.1) is 21.6 Å². The molecule has 4 aromatic rings. The molecule has 0 radical (unpaired) electrons. The highest BCUT2D eigenvalue weighted by atomic mass is 32.2. The normalized spacial score (nSPS) is 10.8. The van der Waals surface area contributed by atoms with Crippen molar-refractivity contribution < 1.29 is 14.1 Å². The Balaban J connectivity index is 1.55. The van der Waals surface area contributed by atoms with Gasteiger partial charge in [0.1, 0.15) is 5.82 Å². The zero-order chi connectivity index (χ0) is 21.1. The average molecular weight is 439 g/mol. The number of carbonyl (C=O) groups excluding carboxylic acids is 1. The van der Waals surface area contributed by atoms with Crippen LogP contribution in [-0.2, 0) is 11.2 Å². The second kappa shape index (κ2) is 8.60. The molecule has 0 bridgehead atoms. The molecule has 1 aromatic heterocycles. The lowest BCUT2D eigenvalue weighted by atomic mass is 10.1. The van der Waals surface area contributed by atoms with Crippen molar-refractivity contribution in [3.63, 3.8) is 0 Å². The number of nitrogens with zero attached hydrogens (tertiary/aromatic N) is 2. The topological polar surface area (TPSA) is 85.1 Å². The van der Waals surface area contributed by atoms with E-state index in [1.807, 2.05) is 24.3 Å². The first-order chi connectivity index (χ1) is 14.5. The van der Waals surface area contributed by atoms with Gasteiger partial charge in [0.2, 0.25) is 5.91 Å². The number of benzene rings is 3. The van der Waals surface area contributed by atoms with Gasteiger partial charge in [0, 0.05) is 22.7 Å². The largest absolute Gasteiger partial charge is 0.326 e. The van der Waals surface area contributed by atoms with E-state index in [-0.39, 0.29) is 23.8 Å². The van der Waals surface area contributed by atoms with Gasteiger partial charge < -0.3 is 5.32 Å². The van der Waals surface area contributed by atoms with Crippen LogP contribution in [0.1, 0.15) is 5.56 Å². The minimum absolute atomic E-state index is 0.0311. The number of hydrogen-bond acceptors (Lipinski definition) is 6. The fraction of sp³-hybridized carbons (Fsp3) is 0.0476. The van der Waals surface area contributed by atoms with Crippen LogP contribution in [0.2, 0.25) is 0 Å². The third-order valence-electron chi connectivity index (χ3n) is 4.14. The lowest BCUT2D eigenvalue weighted by molar-refractivity contribution is -0.385. The molecule has 0 fully saturated rings. The number of aromatic nitrogens is 1. The van der Waals surface area contributed by atoms with E-state index in [2.05, 4.69) is 10.3 Å². The van der Waals surface area contributed by atoms with Crippen LogP contribution in [0.3, 0.4) is 0 Å². The second-order valence-electron chi connectivity index (χ2n) is 6.37. The number of hydrogen-bond donors (Lipinski definition) is 1. The molecule has 0 aliphatic heterocycles. The number of nitrogens with one attached hydrogen (secondary N) is 1. The molecule has 0 aliphatic carbocycles. The predicted molar refractivity (Wildman–Crippen MR) is 116 cm³/mol. The van der Waals surface area contributed by atoms with Crippen LogP contribution >= 0.6 is 23.1 Å². The Hall–Kier alpha value is -3.30. The summed E-state index contributed by atoms with van der Waals surface area (Å²) in [5, 5.41) is 14.0. The third-order valence-corrected chi connectivity index (χ3v) is 6.21. The van der Waals surface area contributed by atoms with Crippen molar-refractivity contribution in [2.45, 2.75) is 15.7 Å². The highest BCUT2D eigenvalue weighted by molar-refractivity contribution is 8.01. The van der Waals surface area contributed by atoms with E-state index in [1.165, 1.54) is 59.5 Å². The quantitative estimate of drug-likeness (QED) is 0.309. The second-order valence-corrected chi connectivity index (χ2v) is 8.72. The highest BCUT2D eigenvalue weighted by Gasteiger charge is 2.14. The lowest BCUT2D eigenvalue weighted by Gasteiger charge is -2.07.